The number of nitrogens with zero attached hydrogens (tertiary/aromatic N) is 1. The lowest BCUT2D eigenvalue weighted by Gasteiger charge is -2.24. The molecular weight excluding hydrogens is 419 g/mol. The molecule has 1 unspecified atom stereocenters. The SMILES string of the molecule is CCS(=O)(=O)NCCCNC(=NC)NCC1(C)CCCO1.I. The maximum Gasteiger partial charge on any atom is 0.211 e. The van der Waals surface area contributed by atoms with E-state index in [-0.39, 0.29) is 35.3 Å². The van der Waals surface area contributed by atoms with E-state index in [1.807, 2.05) is 0 Å². The summed E-state index contributed by atoms with van der Waals surface area (Å²) in [6.07, 6.45) is 2.85. The molecule has 1 aliphatic rings. The van der Waals surface area contributed by atoms with Crippen LogP contribution in [0.4, 0.5) is 0 Å². The molecule has 1 heterocycles. The fourth-order valence-electron chi connectivity index (χ4n) is 2.09. The molecule has 0 spiro atoms. The minimum atomic E-state index is -3.10. The second kappa shape index (κ2) is 10.6. The molecule has 22 heavy (non-hydrogen) atoms. The first-order chi connectivity index (χ1) is 9.91. The molecule has 132 valence electrons. The van der Waals surface area contributed by atoms with Gasteiger partial charge in [0, 0.05) is 33.3 Å². The fourth-order valence-corrected chi connectivity index (χ4v) is 2.75. The second-order valence-corrected chi connectivity index (χ2v) is 7.50. The zero-order valence-electron chi connectivity index (χ0n) is 13.6. The molecule has 0 aromatic carbocycles. The lowest BCUT2D eigenvalue weighted by Crippen LogP contribution is -2.46. The zero-order valence-corrected chi connectivity index (χ0v) is 16.8. The molecule has 0 amide bonds. The van der Waals surface area contributed by atoms with Crippen molar-refractivity contribution in [3.8, 4) is 0 Å². The van der Waals surface area contributed by atoms with E-state index in [2.05, 4.69) is 27.3 Å². The summed E-state index contributed by atoms with van der Waals surface area (Å²) in [6, 6.07) is 0. The van der Waals surface area contributed by atoms with Crippen molar-refractivity contribution >= 4 is 40.0 Å². The molecule has 1 rings (SSSR count). The molecule has 1 saturated heterocycles. The number of guanidine groups is 1. The van der Waals surface area contributed by atoms with Crippen LogP contribution >= 0.6 is 24.0 Å². The summed E-state index contributed by atoms with van der Waals surface area (Å²) in [7, 11) is -1.38. The van der Waals surface area contributed by atoms with Crippen LogP contribution in [0.2, 0.25) is 0 Å². The molecule has 1 fully saturated rings. The summed E-state index contributed by atoms with van der Waals surface area (Å²) in [5.41, 5.74) is -0.117. The van der Waals surface area contributed by atoms with E-state index in [4.69, 9.17) is 4.74 Å². The molecule has 1 atom stereocenters. The molecule has 7 nitrogen and oxygen atoms in total. The number of halogens is 1. The van der Waals surface area contributed by atoms with Crippen LogP contribution in [-0.2, 0) is 14.8 Å². The van der Waals surface area contributed by atoms with Gasteiger partial charge in [0.1, 0.15) is 0 Å². The Balaban J connectivity index is 0.00000441. The van der Waals surface area contributed by atoms with Gasteiger partial charge in [0.05, 0.1) is 11.4 Å². The van der Waals surface area contributed by atoms with Crippen molar-refractivity contribution in [2.75, 3.05) is 39.0 Å². The van der Waals surface area contributed by atoms with E-state index in [0.29, 0.717) is 25.5 Å². The van der Waals surface area contributed by atoms with Crippen molar-refractivity contribution < 1.29 is 13.2 Å². The van der Waals surface area contributed by atoms with Gasteiger partial charge in [-0.1, -0.05) is 0 Å². The van der Waals surface area contributed by atoms with Crippen LogP contribution in [0.3, 0.4) is 0 Å². The minimum Gasteiger partial charge on any atom is -0.373 e. The zero-order chi connectivity index (χ0) is 15.8. The summed E-state index contributed by atoms with van der Waals surface area (Å²) >= 11 is 0. The predicted octanol–water partition coefficient (Wildman–Crippen LogP) is 0.668. The van der Waals surface area contributed by atoms with Crippen LogP contribution in [0.1, 0.15) is 33.1 Å². The van der Waals surface area contributed by atoms with Crippen molar-refractivity contribution in [1.82, 2.24) is 15.4 Å². The Morgan fingerprint density at radius 3 is 2.59 bits per heavy atom. The number of hydrogen-bond donors (Lipinski definition) is 3. The van der Waals surface area contributed by atoms with Crippen LogP contribution in [0.25, 0.3) is 0 Å². The van der Waals surface area contributed by atoms with Crippen molar-refractivity contribution in [2.24, 2.45) is 4.99 Å². The highest BCUT2D eigenvalue weighted by atomic mass is 127. The molecule has 0 radical (unpaired) electrons. The molecule has 0 aliphatic carbocycles. The van der Waals surface area contributed by atoms with E-state index in [0.717, 1.165) is 26.0 Å². The highest BCUT2D eigenvalue weighted by Crippen LogP contribution is 2.23. The fraction of sp³-hybridized carbons (Fsp3) is 0.923. The summed E-state index contributed by atoms with van der Waals surface area (Å²) in [5, 5.41) is 6.41. The van der Waals surface area contributed by atoms with Gasteiger partial charge in [-0.2, -0.15) is 0 Å². The van der Waals surface area contributed by atoms with Gasteiger partial charge in [-0.15, -0.1) is 24.0 Å². The van der Waals surface area contributed by atoms with Crippen molar-refractivity contribution in [1.29, 1.82) is 0 Å². The van der Waals surface area contributed by atoms with Crippen molar-refractivity contribution in [3.63, 3.8) is 0 Å². The first kappa shape index (κ1) is 21.9. The summed E-state index contributed by atoms with van der Waals surface area (Å²) in [5.74, 6) is 0.826. The smallest absolute Gasteiger partial charge is 0.211 e. The largest absolute Gasteiger partial charge is 0.373 e. The predicted molar refractivity (Wildman–Crippen MR) is 100 cm³/mol. The molecule has 0 saturated carbocycles. The summed E-state index contributed by atoms with van der Waals surface area (Å²) in [6.45, 7) is 6.35. The average Bonchev–Trinajstić information content (AvgIpc) is 2.89. The molecule has 0 aromatic rings. The quantitative estimate of drug-likeness (QED) is 0.220. The number of rotatable bonds is 8. The van der Waals surface area contributed by atoms with Gasteiger partial charge >= 0.3 is 0 Å². The van der Waals surface area contributed by atoms with Crippen LogP contribution < -0.4 is 15.4 Å². The third-order valence-electron chi connectivity index (χ3n) is 3.50. The summed E-state index contributed by atoms with van der Waals surface area (Å²) < 4.78 is 30.8. The van der Waals surface area contributed by atoms with Crippen molar-refractivity contribution in [2.45, 2.75) is 38.7 Å². The lowest BCUT2D eigenvalue weighted by atomic mass is 10.0. The van der Waals surface area contributed by atoms with Gasteiger partial charge < -0.3 is 15.4 Å². The average molecular weight is 448 g/mol. The number of aliphatic imine (C=N–C) groups is 1. The Kier molecular flexibility index (Phi) is 10.5. The highest BCUT2D eigenvalue weighted by Gasteiger charge is 2.29. The van der Waals surface area contributed by atoms with Gasteiger partial charge in [-0.3, -0.25) is 4.99 Å². The molecule has 3 N–H and O–H groups in total. The van der Waals surface area contributed by atoms with Gasteiger partial charge in [0.2, 0.25) is 10.0 Å². The number of nitrogens with one attached hydrogen (secondary N) is 3. The number of ether oxygens (including phenoxy) is 1. The van der Waals surface area contributed by atoms with Crippen LogP contribution in [0.15, 0.2) is 4.99 Å². The third kappa shape index (κ3) is 8.49. The van der Waals surface area contributed by atoms with Crippen LogP contribution in [0.5, 0.6) is 0 Å². The number of sulfonamides is 1. The monoisotopic (exact) mass is 448 g/mol. The maximum atomic E-state index is 11.3. The highest BCUT2D eigenvalue weighted by molar-refractivity contribution is 14.0. The summed E-state index contributed by atoms with van der Waals surface area (Å²) in [4.78, 5) is 4.14. The third-order valence-corrected chi connectivity index (χ3v) is 4.91. The number of hydrogen-bond acceptors (Lipinski definition) is 4. The minimum absolute atomic E-state index is 0. The normalized spacial score (nSPS) is 22.2. The van der Waals surface area contributed by atoms with E-state index in [1.165, 1.54) is 0 Å². The Hall–Kier alpha value is -0.130. The Labute approximate surface area is 151 Å². The first-order valence-corrected chi connectivity index (χ1v) is 9.12. The first-order valence-electron chi connectivity index (χ1n) is 7.46. The maximum absolute atomic E-state index is 11.3. The van der Waals surface area contributed by atoms with Gasteiger partial charge in [-0.25, -0.2) is 13.1 Å². The molecule has 9 heteroatoms. The van der Waals surface area contributed by atoms with Crippen LogP contribution in [0, 0.1) is 0 Å². The Bertz CT molecular complexity index is 437. The van der Waals surface area contributed by atoms with Gasteiger partial charge in [0.15, 0.2) is 5.96 Å². The topological polar surface area (TPSA) is 91.8 Å². The van der Waals surface area contributed by atoms with Gasteiger partial charge in [-0.05, 0) is 33.1 Å². The molecular formula is C13H29IN4O3S. The van der Waals surface area contributed by atoms with Crippen LogP contribution in [-0.4, -0.2) is 59.0 Å². The molecule has 0 bridgehead atoms. The Morgan fingerprint density at radius 1 is 1.32 bits per heavy atom. The molecule has 1 aliphatic heterocycles. The standard InChI is InChI=1S/C13H28N4O3S.HI/c1-4-21(18,19)17-9-6-8-15-12(14-3)16-11-13(2)7-5-10-20-13;/h17H,4-11H2,1-3H3,(H2,14,15,16);1H. The van der Waals surface area contributed by atoms with Crippen molar-refractivity contribution in [3.05, 3.63) is 0 Å². The Morgan fingerprint density at radius 2 is 2.05 bits per heavy atom. The molecule has 0 aromatic heterocycles. The van der Waals surface area contributed by atoms with E-state index < -0.39 is 10.0 Å². The lowest BCUT2D eigenvalue weighted by molar-refractivity contribution is 0.0243. The van der Waals surface area contributed by atoms with E-state index in [9.17, 15) is 8.42 Å². The van der Waals surface area contributed by atoms with Gasteiger partial charge in [0.25, 0.3) is 0 Å². The van der Waals surface area contributed by atoms with E-state index in [1.54, 1.807) is 14.0 Å². The van der Waals surface area contributed by atoms with E-state index >= 15 is 0 Å². The second-order valence-electron chi connectivity index (χ2n) is 5.41.